The van der Waals surface area contributed by atoms with Gasteiger partial charge in [0.05, 0.1) is 18.3 Å². The van der Waals surface area contributed by atoms with Crippen LogP contribution < -0.4 is 15.4 Å². The lowest BCUT2D eigenvalue weighted by molar-refractivity contribution is 0.165. The molecule has 106 valence electrons. The fraction of sp³-hybridized carbons (Fsp3) is 0.600. The van der Waals surface area contributed by atoms with Crippen molar-refractivity contribution in [2.45, 2.75) is 32.3 Å². The minimum atomic E-state index is -0.431. The summed E-state index contributed by atoms with van der Waals surface area (Å²) < 4.78 is 5.67. The molecule has 0 radical (unpaired) electrons. The molecule has 0 saturated carbocycles. The lowest BCUT2D eigenvalue weighted by Crippen LogP contribution is -2.33. The second-order valence-corrected chi connectivity index (χ2v) is 5.01. The number of rotatable bonds is 6. The molecule has 0 amide bonds. The van der Waals surface area contributed by atoms with Gasteiger partial charge in [0.15, 0.2) is 0 Å². The molecule has 4 nitrogen and oxygen atoms in total. The number of nitrogens with two attached hydrogens (primary N) is 1. The van der Waals surface area contributed by atoms with E-state index < -0.39 is 6.10 Å². The third-order valence-corrected chi connectivity index (χ3v) is 3.50. The van der Waals surface area contributed by atoms with Gasteiger partial charge < -0.3 is 20.5 Å². The molecule has 1 aromatic carbocycles. The Morgan fingerprint density at radius 3 is 3.05 bits per heavy atom. The van der Waals surface area contributed by atoms with Gasteiger partial charge in [-0.15, -0.1) is 0 Å². The second kappa shape index (κ2) is 6.78. The summed E-state index contributed by atoms with van der Waals surface area (Å²) >= 11 is 0. The number of aliphatic hydroxyl groups is 1. The normalized spacial score (nSPS) is 15.8. The Balaban J connectivity index is 2.17. The monoisotopic (exact) mass is 264 g/mol. The third kappa shape index (κ3) is 3.39. The number of aliphatic hydroxyl groups excluding tert-OH is 1. The summed E-state index contributed by atoms with van der Waals surface area (Å²) in [6.07, 6.45) is 2.23. The molecular formula is C15H24N2O2. The largest absolute Gasteiger partial charge is 0.490 e. The smallest absolute Gasteiger partial charge is 0.142 e. The molecule has 4 heteroatoms. The van der Waals surface area contributed by atoms with Crippen LogP contribution in [-0.4, -0.2) is 31.3 Å². The Morgan fingerprint density at radius 1 is 1.47 bits per heavy atom. The molecule has 0 aliphatic carbocycles. The lowest BCUT2D eigenvalue weighted by atomic mass is 10.0. The van der Waals surface area contributed by atoms with E-state index in [1.807, 2.05) is 12.1 Å². The average Bonchev–Trinajstić information content (AvgIpc) is 2.45. The van der Waals surface area contributed by atoms with Crippen molar-refractivity contribution < 1.29 is 9.84 Å². The van der Waals surface area contributed by atoms with Crippen molar-refractivity contribution in [1.29, 1.82) is 0 Å². The molecule has 2 rings (SSSR count). The van der Waals surface area contributed by atoms with Gasteiger partial charge in [-0.05, 0) is 43.5 Å². The van der Waals surface area contributed by atoms with Crippen molar-refractivity contribution in [3.63, 3.8) is 0 Å². The summed E-state index contributed by atoms with van der Waals surface area (Å²) in [5.74, 6) is 0.925. The van der Waals surface area contributed by atoms with Gasteiger partial charge >= 0.3 is 0 Å². The molecule has 0 saturated heterocycles. The van der Waals surface area contributed by atoms with Gasteiger partial charge in [0.25, 0.3) is 0 Å². The minimum absolute atomic E-state index is 0.431. The molecule has 19 heavy (non-hydrogen) atoms. The van der Waals surface area contributed by atoms with E-state index in [-0.39, 0.29) is 0 Å². The fourth-order valence-corrected chi connectivity index (χ4v) is 2.48. The van der Waals surface area contributed by atoms with E-state index in [0.717, 1.165) is 49.5 Å². The van der Waals surface area contributed by atoms with Crippen LogP contribution in [0.15, 0.2) is 18.2 Å². The Bertz CT molecular complexity index is 409. The van der Waals surface area contributed by atoms with E-state index in [1.165, 1.54) is 0 Å². The Morgan fingerprint density at radius 2 is 2.32 bits per heavy atom. The molecule has 1 aliphatic rings. The first-order chi connectivity index (χ1) is 9.26. The topological polar surface area (TPSA) is 58.7 Å². The van der Waals surface area contributed by atoms with Crippen LogP contribution in [0.4, 0.5) is 5.69 Å². The SMILES string of the molecule is CCCN1CCOc2ccc(C(O)CCCN)cc21. The molecule has 1 aromatic rings. The summed E-state index contributed by atoms with van der Waals surface area (Å²) in [6.45, 7) is 5.48. The average molecular weight is 264 g/mol. The van der Waals surface area contributed by atoms with E-state index in [1.54, 1.807) is 0 Å². The molecule has 0 fully saturated rings. The van der Waals surface area contributed by atoms with Crippen LogP contribution in [0.1, 0.15) is 37.9 Å². The highest BCUT2D eigenvalue weighted by Crippen LogP contribution is 2.34. The third-order valence-electron chi connectivity index (χ3n) is 3.50. The summed E-state index contributed by atoms with van der Waals surface area (Å²) in [4.78, 5) is 2.33. The Kier molecular flexibility index (Phi) is 5.05. The van der Waals surface area contributed by atoms with Gasteiger partial charge in [0, 0.05) is 6.54 Å². The molecule has 0 spiro atoms. The van der Waals surface area contributed by atoms with Crippen LogP contribution in [0.25, 0.3) is 0 Å². The van der Waals surface area contributed by atoms with Crippen LogP contribution in [-0.2, 0) is 0 Å². The van der Waals surface area contributed by atoms with Crippen LogP contribution in [0.2, 0.25) is 0 Å². The molecule has 0 aromatic heterocycles. The minimum Gasteiger partial charge on any atom is -0.490 e. The van der Waals surface area contributed by atoms with E-state index in [2.05, 4.69) is 17.9 Å². The van der Waals surface area contributed by atoms with Crippen molar-refractivity contribution >= 4 is 5.69 Å². The van der Waals surface area contributed by atoms with Gasteiger partial charge in [0.2, 0.25) is 0 Å². The van der Waals surface area contributed by atoms with Crippen molar-refractivity contribution in [2.24, 2.45) is 5.73 Å². The van der Waals surface area contributed by atoms with Gasteiger partial charge in [-0.2, -0.15) is 0 Å². The maximum absolute atomic E-state index is 10.2. The van der Waals surface area contributed by atoms with Crippen LogP contribution >= 0.6 is 0 Å². The first-order valence-electron chi connectivity index (χ1n) is 7.16. The number of anilines is 1. The number of hydrogen-bond donors (Lipinski definition) is 2. The zero-order chi connectivity index (χ0) is 13.7. The Labute approximate surface area is 115 Å². The van der Waals surface area contributed by atoms with Crippen molar-refractivity contribution in [3.05, 3.63) is 23.8 Å². The van der Waals surface area contributed by atoms with Gasteiger partial charge in [0.1, 0.15) is 12.4 Å². The zero-order valence-electron chi connectivity index (χ0n) is 11.6. The van der Waals surface area contributed by atoms with E-state index in [0.29, 0.717) is 13.0 Å². The number of nitrogens with zero attached hydrogens (tertiary/aromatic N) is 1. The highest BCUT2D eigenvalue weighted by atomic mass is 16.5. The van der Waals surface area contributed by atoms with Crippen molar-refractivity contribution in [2.75, 3.05) is 31.1 Å². The maximum Gasteiger partial charge on any atom is 0.142 e. The first-order valence-corrected chi connectivity index (χ1v) is 7.16. The quantitative estimate of drug-likeness (QED) is 0.826. The Hall–Kier alpha value is -1.26. The molecule has 1 atom stereocenters. The van der Waals surface area contributed by atoms with Crippen LogP contribution in [0, 0.1) is 0 Å². The summed E-state index contributed by atoms with van der Waals surface area (Å²) in [6, 6.07) is 5.99. The van der Waals surface area contributed by atoms with E-state index in [9.17, 15) is 5.11 Å². The molecule has 1 unspecified atom stereocenters. The number of fused-ring (bicyclic) bond motifs is 1. The first kappa shape index (κ1) is 14.2. The highest BCUT2D eigenvalue weighted by Gasteiger charge is 2.19. The lowest BCUT2D eigenvalue weighted by Gasteiger charge is -2.31. The second-order valence-electron chi connectivity index (χ2n) is 5.01. The summed E-state index contributed by atoms with van der Waals surface area (Å²) in [5, 5.41) is 10.2. The number of hydrogen-bond acceptors (Lipinski definition) is 4. The van der Waals surface area contributed by atoms with E-state index in [4.69, 9.17) is 10.5 Å². The molecule has 1 heterocycles. The number of ether oxygens (including phenoxy) is 1. The molecule has 3 N–H and O–H groups in total. The molecule has 1 aliphatic heterocycles. The van der Waals surface area contributed by atoms with E-state index >= 15 is 0 Å². The van der Waals surface area contributed by atoms with Crippen molar-refractivity contribution in [1.82, 2.24) is 0 Å². The highest BCUT2D eigenvalue weighted by molar-refractivity contribution is 5.61. The maximum atomic E-state index is 10.2. The van der Waals surface area contributed by atoms with Crippen LogP contribution in [0.5, 0.6) is 5.75 Å². The van der Waals surface area contributed by atoms with Crippen molar-refractivity contribution in [3.8, 4) is 5.75 Å². The van der Waals surface area contributed by atoms with Gasteiger partial charge in [-0.1, -0.05) is 13.0 Å². The van der Waals surface area contributed by atoms with Crippen LogP contribution in [0.3, 0.4) is 0 Å². The summed E-state index contributed by atoms with van der Waals surface area (Å²) in [7, 11) is 0. The number of benzene rings is 1. The molecule has 0 bridgehead atoms. The van der Waals surface area contributed by atoms with Gasteiger partial charge in [-0.25, -0.2) is 0 Å². The zero-order valence-corrected chi connectivity index (χ0v) is 11.6. The summed E-state index contributed by atoms with van der Waals surface area (Å²) in [5.41, 5.74) is 7.55. The predicted octanol–water partition coefficient (Wildman–Crippen LogP) is 2.07. The molecular weight excluding hydrogens is 240 g/mol. The van der Waals surface area contributed by atoms with Gasteiger partial charge in [-0.3, -0.25) is 0 Å². The standard InChI is InChI=1S/C15H24N2O2/c1-2-8-17-9-10-19-15-6-5-12(11-13(15)17)14(18)4-3-7-16/h5-6,11,14,18H,2-4,7-10,16H2,1H3. The fourth-order valence-electron chi connectivity index (χ4n) is 2.48. The predicted molar refractivity (Wildman–Crippen MR) is 77.7 cm³/mol.